The van der Waals surface area contributed by atoms with Gasteiger partial charge in [0.1, 0.15) is 18.1 Å². The molecule has 5 heteroatoms. The molecule has 1 atom stereocenters. The predicted octanol–water partition coefficient (Wildman–Crippen LogP) is 2.65. The van der Waals surface area contributed by atoms with E-state index in [1.807, 2.05) is 24.3 Å². The molecule has 0 amide bonds. The van der Waals surface area contributed by atoms with Crippen LogP contribution < -0.4 is 0 Å². The van der Waals surface area contributed by atoms with Crippen molar-refractivity contribution in [2.75, 3.05) is 26.2 Å². The molecule has 5 nitrogen and oxygen atoms in total. The summed E-state index contributed by atoms with van der Waals surface area (Å²) in [6.07, 6.45) is 4.22. The van der Waals surface area contributed by atoms with E-state index in [-0.39, 0.29) is 5.75 Å². The van der Waals surface area contributed by atoms with Crippen LogP contribution >= 0.6 is 0 Å². The van der Waals surface area contributed by atoms with Crippen LogP contribution in [0.5, 0.6) is 5.75 Å². The summed E-state index contributed by atoms with van der Waals surface area (Å²) < 4.78 is 10.7. The number of phenolic OH excluding ortho intramolecular Hbond substituents is 1. The van der Waals surface area contributed by atoms with Gasteiger partial charge in [-0.1, -0.05) is 18.2 Å². The molecule has 1 aliphatic rings. The second-order valence-electron chi connectivity index (χ2n) is 6.03. The van der Waals surface area contributed by atoms with Crippen molar-refractivity contribution in [2.24, 2.45) is 0 Å². The van der Waals surface area contributed by atoms with Crippen molar-refractivity contribution < 1.29 is 19.4 Å². The van der Waals surface area contributed by atoms with Gasteiger partial charge >= 0.3 is 0 Å². The lowest BCUT2D eigenvalue weighted by molar-refractivity contribution is 0.00658. The van der Waals surface area contributed by atoms with E-state index in [0.29, 0.717) is 19.8 Å². The lowest BCUT2D eigenvalue weighted by Gasteiger charge is -2.28. The molecule has 0 saturated heterocycles. The summed E-state index contributed by atoms with van der Waals surface area (Å²) in [5.41, 5.74) is 2.43. The molecule has 2 N–H and O–H groups in total. The molecule has 0 radical (unpaired) electrons. The minimum atomic E-state index is -0.511. The number of aliphatic hydroxyl groups is 1. The van der Waals surface area contributed by atoms with Crippen LogP contribution in [0.2, 0.25) is 0 Å². The largest absolute Gasteiger partial charge is 0.508 e. The van der Waals surface area contributed by atoms with Crippen molar-refractivity contribution in [3.8, 4) is 5.75 Å². The van der Waals surface area contributed by atoms with E-state index < -0.39 is 6.10 Å². The number of hydrogen-bond donors (Lipinski definition) is 2. The average molecular weight is 329 g/mol. The highest BCUT2D eigenvalue weighted by Crippen LogP contribution is 2.24. The van der Waals surface area contributed by atoms with Crippen molar-refractivity contribution >= 4 is 5.57 Å². The molecule has 0 unspecified atom stereocenters. The van der Waals surface area contributed by atoms with E-state index in [1.54, 1.807) is 18.4 Å². The fraction of sp³-hybridized carbons (Fsp3) is 0.368. The topological polar surface area (TPSA) is 66.1 Å². The van der Waals surface area contributed by atoms with Crippen LogP contribution in [-0.2, 0) is 11.3 Å². The van der Waals surface area contributed by atoms with E-state index in [9.17, 15) is 10.2 Å². The number of rotatable bonds is 7. The fourth-order valence-electron chi connectivity index (χ4n) is 2.86. The second-order valence-corrected chi connectivity index (χ2v) is 6.03. The predicted molar refractivity (Wildman–Crippen MR) is 91.5 cm³/mol. The Hall–Kier alpha value is -2.08. The van der Waals surface area contributed by atoms with Crippen LogP contribution in [0.4, 0.5) is 0 Å². The number of benzene rings is 1. The van der Waals surface area contributed by atoms with Gasteiger partial charge in [0, 0.05) is 19.6 Å². The maximum Gasteiger partial charge on any atom is 0.129 e. The SMILES string of the molecule is Oc1ccc(C2=CCN(C[C@@H](O)COCc3ccco3)CC2)cc1. The molecule has 2 aromatic rings. The number of aliphatic hydroxyl groups excluding tert-OH is 1. The number of phenols is 1. The van der Waals surface area contributed by atoms with E-state index in [2.05, 4.69) is 11.0 Å². The van der Waals surface area contributed by atoms with Crippen LogP contribution in [0.15, 0.2) is 53.2 Å². The summed E-state index contributed by atoms with van der Waals surface area (Å²) in [4.78, 5) is 2.21. The minimum Gasteiger partial charge on any atom is -0.508 e. The van der Waals surface area contributed by atoms with Crippen molar-refractivity contribution in [3.63, 3.8) is 0 Å². The molecule has 1 aromatic carbocycles. The first-order valence-corrected chi connectivity index (χ1v) is 8.19. The molecule has 0 fully saturated rings. The van der Waals surface area contributed by atoms with Crippen molar-refractivity contribution in [1.82, 2.24) is 4.90 Å². The zero-order chi connectivity index (χ0) is 16.8. The normalized spacial score (nSPS) is 16.8. The molecular weight excluding hydrogens is 306 g/mol. The molecule has 128 valence electrons. The minimum absolute atomic E-state index is 0.287. The number of furan rings is 1. The third kappa shape index (κ3) is 4.71. The van der Waals surface area contributed by atoms with Crippen LogP contribution in [0.1, 0.15) is 17.7 Å². The van der Waals surface area contributed by atoms with E-state index in [4.69, 9.17) is 9.15 Å². The Morgan fingerprint density at radius 3 is 2.71 bits per heavy atom. The first-order valence-electron chi connectivity index (χ1n) is 8.19. The fourth-order valence-corrected chi connectivity index (χ4v) is 2.86. The van der Waals surface area contributed by atoms with Gasteiger partial charge in [-0.2, -0.15) is 0 Å². The molecule has 0 spiro atoms. The van der Waals surface area contributed by atoms with Crippen molar-refractivity contribution in [1.29, 1.82) is 0 Å². The van der Waals surface area contributed by atoms with Gasteiger partial charge in [0.25, 0.3) is 0 Å². The standard InChI is InChI=1S/C19H23NO4/c21-17-5-3-15(4-6-17)16-7-9-20(10-8-16)12-18(22)13-23-14-19-2-1-11-24-19/h1-7,11,18,21-22H,8-10,12-14H2/t18-/m1/s1. The Bertz CT molecular complexity index is 649. The van der Waals surface area contributed by atoms with Gasteiger partial charge in [0.15, 0.2) is 0 Å². The summed E-state index contributed by atoms with van der Waals surface area (Å²) in [7, 11) is 0. The molecule has 0 saturated carbocycles. The smallest absolute Gasteiger partial charge is 0.129 e. The van der Waals surface area contributed by atoms with E-state index >= 15 is 0 Å². The van der Waals surface area contributed by atoms with E-state index in [1.165, 1.54) is 5.57 Å². The van der Waals surface area contributed by atoms with Crippen molar-refractivity contribution in [3.05, 3.63) is 60.1 Å². The molecule has 1 aromatic heterocycles. The highest BCUT2D eigenvalue weighted by Gasteiger charge is 2.16. The van der Waals surface area contributed by atoms with Gasteiger partial charge in [-0.3, -0.25) is 4.90 Å². The van der Waals surface area contributed by atoms with Crippen LogP contribution in [0.3, 0.4) is 0 Å². The second kappa shape index (κ2) is 8.15. The Balaban J connectivity index is 1.41. The van der Waals surface area contributed by atoms with Crippen LogP contribution in [0.25, 0.3) is 5.57 Å². The Labute approximate surface area is 141 Å². The average Bonchev–Trinajstić information content (AvgIpc) is 3.10. The molecule has 1 aliphatic heterocycles. The molecule has 24 heavy (non-hydrogen) atoms. The molecule has 0 aliphatic carbocycles. The summed E-state index contributed by atoms with van der Waals surface area (Å²) in [5.74, 6) is 1.05. The summed E-state index contributed by atoms with van der Waals surface area (Å²) in [5, 5.41) is 19.5. The van der Waals surface area contributed by atoms with Gasteiger partial charge in [-0.15, -0.1) is 0 Å². The van der Waals surface area contributed by atoms with Crippen molar-refractivity contribution in [2.45, 2.75) is 19.1 Å². The Morgan fingerprint density at radius 1 is 1.21 bits per heavy atom. The first-order chi connectivity index (χ1) is 11.7. The Morgan fingerprint density at radius 2 is 2.04 bits per heavy atom. The van der Waals surface area contributed by atoms with E-state index in [0.717, 1.165) is 30.8 Å². The van der Waals surface area contributed by atoms with Gasteiger partial charge in [0.2, 0.25) is 0 Å². The number of β-amino-alcohol motifs (C(OH)–C–C–N with tert-alkyl or cyclic N) is 1. The highest BCUT2D eigenvalue weighted by molar-refractivity contribution is 5.67. The van der Waals surface area contributed by atoms with Crippen LogP contribution in [-0.4, -0.2) is 47.5 Å². The van der Waals surface area contributed by atoms with Gasteiger partial charge < -0.3 is 19.4 Å². The summed E-state index contributed by atoms with van der Waals surface area (Å²) in [6.45, 7) is 2.99. The Kier molecular flexibility index (Phi) is 5.69. The number of hydrogen-bond acceptors (Lipinski definition) is 5. The quantitative estimate of drug-likeness (QED) is 0.817. The molecular formula is C19H23NO4. The molecule has 0 bridgehead atoms. The zero-order valence-electron chi connectivity index (χ0n) is 13.6. The first kappa shape index (κ1) is 16.8. The van der Waals surface area contributed by atoms with Crippen LogP contribution in [0, 0.1) is 0 Å². The molecule has 2 heterocycles. The maximum atomic E-state index is 10.1. The zero-order valence-corrected chi connectivity index (χ0v) is 13.6. The number of ether oxygens (including phenoxy) is 1. The highest BCUT2D eigenvalue weighted by atomic mass is 16.5. The third-order valence-corrected chi connectivity index (χ3v) is 4.13. The van der Waals surface area contributed by atoms with Gasteiger partial charge in [-0.05, 0) is 41.8 Å². The van der Waals surface area contributed by atoms with Gasteiger partial charge in [0.05, 0.1) is 19.0 Å². The number of nitrogens with zero attached hydrogens (tertiary/aromatic N) is 1. The van der Waals surface area contributed by atoms with Gasteiger partial charge in [-0.25, -0.2) is 0 Å². The monoisotopic (exact) mass is 329 g/mol. The summed E-state index contributed by atoms with van der Waals surface area (Å²) in [6, 6.07) is 11.0. The number of aromatic hydroxyl groups is 1. The summed E-state index contributed by atoms with van der Waals surface area (Å²) >= 11 is 0. The third-order valence-electron chi connectivity index (χ3n) is 4.13. The lowest BCUT2D eigenvalue weighted by Crippen LogP contribution is -2.37. The molecule has 3 rings (SSSR count). The maximum absolute atomic E-state index is 10.1. The lowest BCUT2D eigenvalue weighted by atomic mass is 9.99.